The Morgan fingerprint density at radius 2 is 1.09 bits per heavy atom. The molecule has 0 unspecified atom stereocenters. The van der Waals surface area contributed by atoms with Crippen LogP contribution in [0.1, 0.15) is 33.6 Å². The summed E-state index contributed by atoms with van der Waals surface area (Å²) in [4.78, 5) is 27.3. The summed E-state index contributed by atoms with van der Waals surface area (Å²) >= 11 is -6.43. The van der Waals surface area contributed by atoms with Gasteiger partial charge in [-0.05, 0) is 0 Å². The van der Waals surface area contributed by atoms with Crippen LogP contribution in [0.15, 0.2) is 92.7 Å². The van der Waals surface area contributed by atoms with Gasteiger partial charge >= 0.3 is 196 Å². The first-order chi connectivity index (χ1) is 15.8. The summed E-state index contributed by atoms with van der Waals surface area (Å²) in [6.45, 7) is 0. The van der Waals surface area contributed by atoms with E-state index >= 15 is 0 Å². The Balaban J connectivity index is 1.96. The van der Waals surface area contributed by atoms with E-state index in [0.29, 0.717) is 20.6 Å². The van der Waals surface area contributed by atoms with E-state index in [0.717, 1.165) is 0 Å². The maximum absolute atomic E-state index is 13.6. The van der Waals surface area contributed by atoms with E-state index in [1.54, 1.807) is 10.5 Å². The molecule has 0 saturated heterocycles. The van der Waals surface area contributed by atoms with E-state index in [2.05, 4.69) is 0 Å². The van der Waals surface area contributed by atoms with Gasteiger partial charge in [0.2, 0.25) is 0 Å². The molecule has 8 heteroatoms. The molecule has 0 radical (unpaired) electrons. The predicted molar refractivity (Wildman–Crippen MR) is 128 cm³/mol. The van der Waals surface area contributed by atoms with Gasteiger partial charge in [0.1, 0.15) is 0 Å². The van der Waals surface area contributed by atoms with Gasteiger partial charge in [0.25, 0.3) is 0 Å². The van der Waals surface area contributed by atoms with Crippen molar-refractivity contribution in [3.05, 3.63) is 116 Å². The van der Waals surface area contributed by atoms with Crippen LogP contribution in [0.2, 0.25) is 10.5 Å². The standard InChI is InChI=1S/2C7H5FO2.2C5H5.2CH3.H2Si.Ti/c2*8-6-3-1-5(2-4-6)7(9)10;2*1-2-4-5-3-1;;;;/h2*1-4H,(H,9,10);2*1-3H,4H2;2*1H3;1H2;/q;;;;;;;+2/p-2. The number of benzene rings is 2. The number of hydrogen-bond donors (Lipinski definition) is 0. The van der Waals surface area contributed by atoms with Gasteiger partial charge in [0.15, 0.2) is 0 Å². The normalized spacial score (nSPS) is 18.2. The first-order valence-corrected chi connectivity index (χ1v) is 21.0. The Hall–Kier alpha value is -2.87. The molecular weight excluding hydrogens is 490 g/mol. The molecule has 0 bridgehead atoms. The Morgan fingerprint density at radius 1 is 0.735 bits per heavy atom. The molecule has 34 heavy (non-hydrogen) atoms. The van der Waals surface area contributed by atoms with Gasteiger partial charge in [-0.3, -0.25) is 0 Å². The van der Waals surface area contributed by atoms with Gasteiger partial charge in [0.05, 0.1) is 0 Å². The molecule has 2 aliphatic carbocycles. The number of allylic oxidation sites excluding steroid dienone is 8. The topological polar surface area (TPSA) is 52.6 Å². The van der Waals surface area contributed by atoms with Gasteiger partial charge in [-0.15, -0.1) is 0 Å². The van der Waals surface area contributed by atoms with Gasteiger partial charge in [-0.25, -0.2) is 0 Å². The van der Waals surface area contributed by atoms with E-state index in [-0.39, 0.29) is 11.1 Å². The van der Waals surface area contributed by atoms with Gasteiger partial charge in [0, 0.05) is 0 Å². The second-order valence-corrected chi connectivity index (χ2v) is 37.9. The minimum atomic E-state index is -6.43. The van der Waals surface area contributed by atoms with Crippen LogP contribution in [0.25, 0.3) is 0 Å². The third-order valence-corrected chi connectivity index (χ3v) is 24.7. The summed E-state index contributed by atoms with van der Waals surface area (Å²) in [6.07, 6.45) is 12.1. The summed E-state index contributed by atoms with van der Waals surface area (Å²) in [5.41, 5.74) is 0.275. The Labute approximate surface area is 195 Å². The number of carbonyl (C=O) groups is 2. The summed E-state index contributed by atoms with van der Waals surface area (Å²) < 4.78 is 41.7. The zero-order valence-electron chi connectivity index (χ0n) is 19.1. The predicted octanol–water partition coefficient (Wildman–Crippen LogP) is 5.90. The van der Waals surface area contributed by atoms with Gasteiger partial charge in [-0.2, -0.15) is 0 Å². The Kier molecular flexibility index (Phi) is 5.05. The first kappa shape index (κ1) is 24.3. The molecule has 0 heterocycles. The van der Waals surface area contributed by atoms with Crippen molar-refractivity contribution in [1.29, 1.82) is 0 Å². The van der Waals surface area contributed by atoms with Crippen molar-refractivity contribution >= 4 is 19.6 Å². The molecule has 2 aliphatic rings. The zero-order chi connectivity index (χ0) is 24.7. The molecule has 0 atom stereocenters. The number of halogens is 2. The molecule has 2 aromatic carbocycles. The maximum atomic E-state index is 13.6. The van der Waals surface area contributed by atoms with Crippen LogP contribution >= 0.6 is 0 Å². The summed E-state index contributed by atoms with van der Waals surface area (Å²) in [7, 11) is 1.44. The molecule has 0 saturated carbocycles. The molecule has 4 nitrogen and oxygen atoms in total. The fourth-order valence-corrected chi connectivity index (χ4v) is 17.8. The zero-order valence-corrected chi connectivity index (χ0v) is 22.1. The van der Waals surface area contributed by atoms with Crippen molar-refractivity contribution in [3.8, 4) is 0 Å². The van der Waals surface area contributed by atoms with Crippen LogP contribution in [-0.2, 0) is 18.9 Å². The van der Waals surface area contributed by atoms with E-state index < -0.39 is 35.8 Å². The third kappa shape index (κ3) is 3.68. The van der Waals surface area contributed by atoms with Crippen molar-refractivity contribution in [2.24, 2.45) is 0 Å². The van der Waals surface area contributed by atoms with E-state index in [9.17, 15) is 18.4 Å². The summed E-state index contributed by atoms with van der Waals surface area (Å²) in [6, 6.07) is 10.1. The molecule has 0 fully saturated rings. The average Bonchev–Trinajstić information content (AvgIpc) is 3.50. The number of hydrogen-bond acceptors (Lipinski definition) is 4. The van der Waals surface area contributed by atoms with Crippen molar-refractivity contribution in [3.63, 3.8) is 0 Å². The molecule has 4 rings (SSSR count). The van der Waals surface area contributed by atoms with Crippen LogP contribution in [0.4, 0.5) is 8.78 Å². The quantitative estimate of drug-likeness (QED) is 0.449. The Morgan fingerprint density at radius 3 is 1.38 bits per heavy atom. The Bertz CT molecular complexity index is 1360. The molecule has 0 spiro atoms. The van der Waals surface area contributed by atoms with Crippen LogP contribution in [-0.4, -0.2) is 19.6 Å². The first-order valence-electron chi connectivity index (χ1n) is 11.0. The molecule has 0 amide bonds. The number of rotatable bonds is 6. The molecular formula is C26H26F2O4SiTi. The van der Waals surface area contributed by atoms with Crippen molar-refractivity contribution in [1.82, 2.24) is 0 Å². The number of carbonyl (C=O) groups excluding carboxylic acids is 2. The fraction of sp³-hybridized carbons (Fsp3) is 0.154. The molecule has 0 aromatic heterocycles. The van der Waals surface area contributed by atoms with Crippen LogP contribution < -0.4 is 0 Å². The van der Waals surface area contributed by atoms with Crippen molar-refractivity contribution < 1.29 is 37.3 Å². The minimum absolute atomic E-state index is 0.137. The summed E-state index contributed by atoms with van der Waals surface area (Å²) in [5.74, 6) is -2.41. The molecule has 0 N–H and O–H groups in total. The van der Waals surface area contributed by atoms with Gasteiger partial charge < -0.3 is 0 Å². The van der Waals surface area contributed by atoms with Crippen LogP contribution in [0, 0.1) is 11.6 Å². The second-order valence-electron chi connectivity index (χ2n) is 10.7. The fourth-order valence-electron chi connectivity index (χ4n) is 4.93. The SMILES string of the molecule is [CH3][Ti]([CH3])(=[SiH2])([O]C(=O)c1ccc(F)cc1)([O]C(=O)c1ccc(F)cc1)([C]1=CC=CC1)[C]1=CC=CC1. The molecule has 176 valence electrons. The monoisotopic (exact) mass is 516 g/mol. The average molecular weight is 516 g/mol. The molecule has 0 aliphatic heterocycles. The van der Waals surface area contributed by atoms with Crippen LogP contribution in [0.3, 0.4) is 0 Å². The molecule has 2 aromatic rings. The van der Waals surface area contributed by atoms with Crippen molar-refractivity contribution in [2.45, 2.75) is 23.3 Å². The summed E-state index contributed by atoms with van der Waals surface area (Å²) in [5, 5.41) is 3.55. The van der Waals surface area contributed by atoms with Crippen molar-refractivity contribution in [2.75, 3.05) is 0 Å². The third-order valence-electron chi connectivity index (χ3n) is 7.31. The van der Waals surface area contributed by atoms with E-state index in [1.807, 2.05) is 36.5 Å². The second kappa shape index (κ2) is 7.07. The van der Waals surface area contributed by atoms with Crippen LogP contribution in [0.5, 0.6) is 0 Å². The van der Waals surface area contributed by atoms with E-state index in [4.69, 9.17) is 6.64 Å². The van der Waals surface area contributed by atoms with E-state index in [1.165, 1.54) is 56.2 Å². The van der Waals surface area contributed by atoms with Gasteiger partial charge in [-0.1, -0.05) is 0 Å².